The van der Waals surface area contributed by atoms with Crippen LogP contribution in [-0.2, 0) is 19.1 Å². The fourth-order valence-electron chi connectivity index (χ4n) is 3.27. The summed E-state index contributed by atoms with van der Waals surface area (Å²) in [5.41, 5.74) is 1.16. The molecule has 7 nitrogen and oxygen atoms in total. The van der Waals surface area contributed by atoms with E-state index in [0.29, 0.717) is 30.9 Å². The number of imide groups is 1. The minimum absolute atomic E-state index is 0.0373. The Labute approximate surface area is 184 Å². The maximum absolute atomic E-state index is 13.7. The summed E-state index contributed by atoms with van der Waals surface area (Å²) < 4.78 is 32.2. The summed E-state index contributed by atoms with van der Waals surface area (Å²) in [6, 6.07) is 9.53. The Morgan fingerprint density at radius 3 is 2.31 bits per heavy atom. The van der Waals surface area contributed by atoms with Gasteiger partial charge >= 0.3 is 0 Å². The third kappa shape index (κ3) is 5.17. The fraction of sp³-hybridized carbons (Fsp3) is 0.261. The molecule has 0 saturated heterocycles. The van der Waals surface area contributed by atoms with E-state index in [1.54, 1.807) is 24.3 Å². The molecule has 9 heteroatoms. The zero-order chi connectivity index (χ0) is 23.3. The van der Waals surface area contributed by atoms with Gasteiger partial charge in [0.15, 0.2) is 11.6 Å². The molecule has 0 aromatic heterocycles. The number of halogens is 2. The Balaban J connectivity index is 1.95. The van der Waals surface area contributed by atoms with E-state index in [9.17, 15) is 23.2 Å². The van der Waals surface area contributed by atoms with Crippen molar-refractivity contribution in [3.05, 3.63) is 65.4 Å². The van der Waals surface area contributed by atoms with Gasteiger partial charge in [-0.25, -0.2) is 8.78 Å². The predicted octanol–water partition coefficient (Wildman–Crippen LogP) is 3.54. The van der Waals surface area contributed by atoms with Gasteiger partial charge < -0.3 is 15.4 Å². The Hall–Kier alpha value is -3.59. The molecule has 0 radical (unpaired) electrons. The van der Waals surface area contributed by atoms with E-state index in [0.717, 1.165) is 17.0 Å². The molecule has 32 heavy (non-hydrogen) atoms. The van der Waals surface area contributed by atoms with Gasteiger partial charge in [0.25, 0.3) is 11.8 Å². The van der Waals surface area contributed by atoms with Gasteiger partial charge in [0.2, 0.25) is 5.91 Å². The molecule has 0 fully saturated rings. The first-order valence-corrected chi connectivity index (χ1v) is 10.1. The number of benzene rings is 2. The van der Waals surface area contributed by atoms with Crippen molar-refractivity contribution < 1.29 is 27.9 Å². The Kier molecular flexibility index (Phi) is 7.32. The SMILES string of the molecule is CCOCCCN1C(=O)C(Nc2ccc(F)c(F)c2)=C(c2ccc(NC(C)=O)cc2)C1=O. The molecule has 0 aliphatic carbocycles. The lowest BCUT2D eigenvalue weighted by Gasteiger charge is -2.15. The van der Waals surface area contributed by atoms with Crippen LogP contribution in [-0.4, -0.2) is 42.4 Å². The van der Waals surface area contributed by atoms with Crippen molar-refractivity contribution in [2.45, 2.75) is 20.3 Å². The van der Waals surface area contributed by atoms with Crippen molar-refractivity contribution >= 4 is 34.7 Å². The van der Waals surface area contributed by atoms with Gasteiger partial charge in [-0.2, -0.15) is 0 Å². The topological polar surface area (TPSA) is 87.7 Å². The minimum Gasteiger partial charge on any atom is -0.382 e. The summed E-state index contributed by atoms with van der Waals surface area (Å²) in [4.78, 5) is 38.5. The monoisotopic (exact) mass is 443 g/mol. The van der Waals surface area contributed by atoms with Crippen LogP contribution in [0.4, 0.5) is 20.2 Å². The van der Waals surface area contributed by atoms with Crippen LogP contribution in [0.1, 0.15) is 25.8 Å². The van der Waals surface area contributed by atoms with Gasteiger partial charge in [-0.3, -0.25) is 19.3 Å². The van der Waals surface area contributed by atoms with Crippen LogP contribution in [0.3, 0.4) is 0 Å². The average molecular weight is 443 g/mol. The zero-order valence-corrected chi connectivity index (χ0v) is 17.7. The Morgan fingerprint density at radius 1 is 1.00 bits per heavy atom. The highest BCUT2D eigenvalue weighted by atomic mass is 19.2. The van der Waals surface area contributed by atoms with Gasteiger partial charge in [-0.15, -0.1) is 0 Å². The first kappa shape index (κ1) is 23.1. The highest BCUT2D eigenvalue weighted by Crippen LogP contribution is 2.31. The molecule has 2 aromatic rings. The van der Waals surface area contributed by atoms with Crippen molar-refractivity contribution in [1.82, 2.24) is 4.90 Å². The number of carbonyl (C=O) groups is 3. The number of carbonyl (C=O) groups excluding carboxylic acids is 3. The van der Waals surface area contributed by atoms with Crippen LogP contribution in [0.2, 0.25) is 0 Å². The molecule has 2 aromatic carbocycles. The second-order valence-corrected chi connectivity index (χ2v) is 7.07. The third-order valence-corrected chi connectivity index (χ3v) is 4.73. The van der Waals surface area contributed by atoms with E-state index in [2.05, 4.69) is 10.6 Å². The van der Waals surface area contributed by atoms with Crippen molar-refractivity contribution in [2.24, 2.45) is 0 Å². The van der Waals surface area contributed by atoms with Crippen LogP contribution in [0.15, 0.2) is 48.2 Å². The second kappa shape index (κ2) is 10.1. The molecule has 1 heterocycles. The largest absolute Gasteiger partial charge is 0.382 e. The van der Waals surface area contributed by atoms with E-state index < -0.39 is 23.4 Å². The molecule has 168 valence electrons. The molecule has 3 rings (SSSR count). The normalized spacial score (nSPS) is 13.7. The number of amides is 3. The third-order valence-electron chi connectivity index (χ3n) is 4.73. The summed E-state index contributed by atoms with van der Waals surface area (Å²) in [7, 11) is 0. The highest BCUT2D eigenvalue weighted by Gasteiger charge is 2.38. The number of nitrogens with zero attached hydrogens (tertiary/aromatic N) is 1. The Bertz CT molecular complexity index is 1070. The number of nitrogens with one attached hydrogen (secondary N) is 2. The zero-order valence-electron chi connectivity index (χ0n) is 17.7. The lowest BCUT2D eigenvalue weighted by molar-refractivity contribution is -0.137. The predicted molar refractivity (Wildman–Crippen MR) is 115 cm³/mol. The van der Waals surface area contributed by atoms with E-state index in [-0.39, 0.29) is 29.4 Å². The van der Waals surface area contributed by atoms with E-state index >= 15 is 0 Å². The summed E-state index contributed by atoms with van der Waals surface area (Å²) in [6.07, 6.45) is 0.457. The highest BCUT2D eigenvalue weighted by molar-refractivity contribution is 6.36. The van der Waals surface area contributed by atoms with Crippen molar-refractivity contribution in [1.29, 1.82) is 0 Å². The molecule has 0 atom stereocenters. The number of hydrogen-bond acceptors (Lipinski definition) is 5. The van der Waals surface area contributed by atoms with E-state index in [1.807, 2.05) is 6.92 Å². The lowest BCUT2D eigenvalue weighted by atomic mass is 10.0. The maximum Gasteiger partial charge on any atom is 0.278 e. The molecule has 1 aliphatic rings. The van der Waals surface area contributed by atoms with Crippen LogP contribution in [0.5, 0.6) is 0 Å². The minimum atomic E-state index is -1.08. The molecule has 3 amide bonds. The molecule has 0 spiro atoms. The van der Waals surface area contributed by atoms with Crippen LogP contribution >= 0.6 is 0 Å². The van der Waals surface area contributed by atoms with Crippen LogP contribution in [0.25, 0.3) is 5.57 Å². The molecule has 2 N–H and O–H groups in total. The van der Waals surface area contributed by atoms with Crippen LogP contribution < -0.4 is 10.6 Å². The van der Waals surface area contributed by atoms with Gasteiger partial charge in [0, 0.05) is 44.1 Å². The van der Waals surface area contributed by atoms with E-state index in [1.165, 1.54) is 13.0 Å². The number of ether oxygens (including phenoxy) is 1. The van der Waals surface area contributed by atoms with Gasteiger partial charge in [-0.1, -0.05) is 12.1 Å². The summed E-state index contributed by atoms with van der Waals surface area (Å²) >= 11 is 0. The standard InChI is InChI=1S/C23H23F2N3O4/c1-3-32-12-4-11-28-22(30)20(15-5-7-16(8-6-15)26-14(2)29)21(23(28)31)27-17-9-10-18(24)19(25)13-17/h5-10,13,27H,3-4,11-12H2,1-2H3,(H,26,29). The van der Waals surface area contributed by atoms with Crippen LogP contribution in [0, 0.1) is 11.6 Å². The maximum atomic E-state index is 13.7. The number of hydrogen-bond donors (Lipinski definition) is 2. The summed E-state index contributed by atoms with van der Waals surface area (Å²) in [5, 5.41) is 5.41. The lowest BCUT2D eigenvalue weighted by Crippen LogP contribution is -2.34. The van der Waals surface area contributed by atoms with Gasteiger partial charge in [0.05, 0.1) is 5.57 Å². The van der Waals surface area contributed by atoms with E-state index in [4.69, 9.17) is 4.74 Å². The summed E-state index contributed by atoms with van der Waals surface area (Å²) in [6.45, 7) is 4.28. The molecule has 0 saturated carbocycles. The number of rotatable bonds is 9. The fourth-order valence-corrected chi connectivity index (χ4v) is 3.27. The van der Waals surface area contributed by atoms with Gasteiger partial charge in [0.1, 0.15) is 5.70 Å². The molecular formula is C23H23F2N3O4. The van der Waals surface area contributed by atoms with Gasteiger partial charge in [-0.05, 0) is 43.2 Å². The Morgan fingerprint density at radius 2 is 1.69 bits per heavy atom. The molecule has 0 unspecified atom stereocenters. The average Bonchev–Trinajstić information content (AvgIpc) is 2.98. The molecule has 1 aliphatic heterocycles. The van der Waals surface area contributed by atoms with Crippen molar-refractivity contribution in [2.75, 3.05) is 30.4 Å². The van der Waals surface area contributed by atoms with Crippen molar-refractivity contribution in [3.8, 4) is 0 Å². The van der Waals surface area contributed by atoms with Crippen molar-refractivity contribution in [3.63, 3.8) is 0 Å². The number of anilines is 2. The molecular weight excluding hydrogens is 420 g/mol. The smallest absolute Gasteiger partial charge is 0.278 e. The molecule has 0 bridgehead atoms. The first-order valence-electron chi connectivity index (χ1n) is 10.1. The first-order chi connectivity index (χ1) is 15.3. The second-order valence-electron chi connectivity index (χ2n) is 7.07. The quantitative estimate of drug-likeness (QED) is 0.457. The summed E-state index contributed by atoms with van der Waals surface area (Å²) in [5.74, 6) is -3.43.